The molecule has 1 aliphatic rings. The van der Waals surface area contributed by atoms with Crippen molar-refractivity contribution in [1.82, 2.24) is 5.32 Å². The van der Waals surface area contributed by atoms with E-state index in [1.54, 1.807) is 0 Å². The van der Waals surface area contributed by atoms with Gasteiger partial charge in [-0.25, -0.2) is 8.42 Å². The lowest BCUT2D eigenvalue weighted by Gasteiger charge is -2.14. The molecule has 0 spiro atoms. The van der Waals surface area contributed by atoms with Crippen molar-refractivity contribution in [1.29, 1.82) is 0 Å². The van der Waals surface area contributed by atoms with E-state index in [2.05, 4.69) is 4.74 Å². The summed E-state index contributed by atoms with van der Waals surface area (Å²) >= 11 is 0. The number of alkyl halides is 3. The molecule has 1 saturated carbocycles. The van der Waals surface area contributed by atoms with Crippen LogP contribution in [0.15, 0.2) is 0 Å². The van der Waals surface area contributed by atoms with Crippen molar-refractivity contribution in [2.24, 2.45) is 5.41 Å². The number of sulfone groups is 1. The molecule has 10 heteroatoms. The molecule has 1 aliphatic carbocycles. The van der Waals surface area contributed by atoms with Crippen LogP contribution >= 0.6 is 0 Å². The second kappa shape index (κ2) is 6.20. The molecule has 1 amide bonds. The summed E-state index contributed by atoms with van der Waals surface area (Å²) in [6, 6.07) is 0. The molecule has 1 fully saturated rings. The first kappa shape index (κ1) is 17.7. The smallest absolute Gasteiger partial charge is 0.405 e. The predicted octanol–water partition coefficient (Wildman–Crippen LogP) is 0.423. The number of esters is 1. The van der Waals surface area contributed by atoms with Gasteiger partial charge in [-0.2, -0.15) is 13.2 Å². The quantitative estimate of drug-likeness (QED) is 0.683. The van der Waals surface area contributed by atoms with E-state index in [0.29, 0.717) is 12.8 Å². The Hall–Kier alpha value is -1.32. The van der Waals surface area contributed by atoms with Crippen LogP contribution in [0, 0.1) is 5.41 Å². The van der Waals surface area contributed by atoms with Crippen LogP contribution < -0.4 is 5.32 Å². The Morgan fingerprint density at radius 1 is 1.29 bits per heavy atom. The average molecular weight is 331 g/mol. The molecule has 0 bridgehead atoms. The minimum absolute atomic E-state index is 0.0765. The number of hydrogen-bond donors (Lipinski definition) is 1. The monoisotopic (exact) mass is 331 g/mol. The van der Waals surface area contributed by atoms with Gasteiger partial charge in [0.15, 0.2) is 9.84 Å². The number of methoxy groups -OCH3 is 1. The third-order valence-electron chi connectivity index (χ3n) is 3.07. The Kier molecular flexibility index (Phi) is 5.24. The van der Waals surface area contributed by atoms with Gasteiger partial charge >= 0.3 is 12.1 Å². The van der Waals surface area contributed by atoms with Crippen molar-refractivity contribution in [2.45, 2.75) is 25.4 Å². The van der Waals surface area contributed by atoms with Gasteiger partial charge < -0.3 is 10.1 Å². The number of carbonyl (C=O) groups is 2. The topological polar surface area (TPSA) is 89.5 Å². The number of amides is 1. The van der Waals surface area contributed by atoms with E-state index in [-0.39, 0.29) is 6.42 Å². The van der Waals surface area contributed by atoms with Crippen LogP contribution in [0.25, 0.3) is 0 Å². The second-order valence-corrected chi connectivity index (χ2v) is 7.24. The molecular weight excluding hydrogens is 315 g/mol. The minimum Gasteiger partial charge on any atom is -0.469 e. The molecule has 0 aromatic rings. The maximum Gasteiger partial charge on any atom is 0.405 e. The number of halogens is 3. The van der Waals surface area contributed by atoms with E-state index in [1.165, 1.54) is 12.4 Å². The molecule has 0 aromatic carbocycles. The minimum atomic E-state index is -4.60. The molecule has 1 rings (SSSR count). The fraction of sp³-hybridized carbons (Fsp3) is 0.818. The van der Waals surface area contributed by atoms with Crippen LogP contribution in [0.1, 0.15) is 19.3 Å². The maximum atomic E-state index is 11.9. The molecule has 0 atom stereocenters. The lowest BCUT2D eigenvalue weighted by atomic mass is 10.1. The molecule has 0 aliphatic heterocycles. The SMILES string of the molecule is COC(=O)CC1(CS(=O)(=O)CC(=O)NCC(F)(F)F)CC1. The zero-order chi connectivity index (χ0) is 16.3. The lowest BCUT2D eigenvalue weighted by Crippen LogP contribution is -2.38. The molecular formula is C11H16F3NO5S. The Balaban J connectivity index is 2.51. The number of nitrogens with one attached hydrogen (secondary N) is 1. The maximum absolute atomic E-state index is 11.9. The van der Waals surface area contributed by atoms with E-state index in [9.17, 15) is 31.2 Å². The molecule has 0 radical (unpaired) electrons. The summed E-state index contributed by atoms with van der Waals surface area (Å²) < 4.78 is 63.7. The molecule has 122 valence electrons. The van der Waals surface area contributed by atoms with Crippen molar-refractivity contribution in [3.63, 3.8) is 0 Å². The highest BCUT2D eigenvalue weighted by Crippen LogP contribution is 2.50. The average Bonchev–Trinajstić information content (AvgIpc) is 3.03. The van der Waals surface area contributed by atoms with Gasteiger partial charge in [0, 0.05) is 0 Å². The molecule has 1 N–H and O–H groups in total. The van der Waals surface area contributed by atoms with Gasteiger partial charge in [0.2, 0.25) is 5.91 Å². The first-order chi connectivity index (χ1) is 9.47. The second-order valence-electron chi connectivity index (χ2n) is 5.18. The zero-order valence-electron chi connectivity index (χ0n) is 11.3. The van der Waals surface area contributed by atoms with Gasteiger partial charge in [0.05, 0.1) is 19.3 Å². The van der Waals surface area contributed by atoms with E-state index in [0.717, 1.165) is 0 Å². The molecule has 0 heterocycles. The summed E-state index contributed by atoms with van der Waals surface area (Å²) in [5.41, 5.74) is -0.740. The summed E-state index contributed by atoms with van der Waals surface area (Å²) in [6.07, 6.45) is -3.66. The van der Waals surface area contributed by atoms with Gasteiger partial charge in [-0.1, -0.05) is 0 Å². The van der Waals surface area contributed by atoms with Gasteiger partial charge in [0.1, 0.15) is 12.3 Å². The first-order valence-electron chi connectivity index (χ1n) is 6.08. The Labute approximate surface area is 119 Å². The summed E-state index contributed by atoms with van der Waals surface area (Å²) in [5, 5.41) is 1.50. The van der Waals surface area contributed by atoms with Crippen molar-refractivity contribution in [2.75, 3.05) is 25.2 Å². The fourth-order valence-electron chi connectivity index (χ4n) is 1.89. The van der Waals surface area contributed by atoms with Crippen LogP contribution in [-0.2, 0) is 24.2 Å². The molecule has 21 heavy (non-hydrogen) atoms. The highest BCUT2D eigenvalue weighted by atomic mass is 32.2. The van der Waals surface area contributed by atoms with Gasteiger partial charge in [-0.05, 0) is 18.3 Å². The van der Waals surface area contributed by atoms with Crippen LogP contribution in [0.2, 0.25) is 0 Å². The Morgan fingerprint density at radius 3 is 2.29 bits per heavy atom. The largest absolute Gasteiger partial charge is 0.469 e. The number of rotatable bonds is 7. The number of ether oxygens (including phenoxy) is 1. The molecule has 6 nitrogen and oxygen atoms in total. The highest BCUT2D eigenvalue weighted by Gasteiger charge is 2.48. The molecule has 0 saturated heterocycles. The van der Waals surface area contributed by atoms with Gasteiger partial charge in [-0.3, -0.25) is 9.59 Å². The molecule has 0 unspecified atom stereocenters. The van der Waals surface area contributed by atoms with Crippen LogP contribution in [0.4, 0.5) is 13.2 Å². The van der Waals surface area contributed by atoms with E-state index < -0.39 is 51.4 Å². The summed E-state index contributed by atoms with van der Waals surface area (Å²) in [5.74, 6) is -3.19. The zero-order valence-corrected chi connectivity index (χ0v) is 12.1. The van der Waals surface area contributed by atoms with Crippen LogP contribution in [-0.4, -0.2) is 51.6 Å². The van der Waals surface area contributed by atoms with E-state index in [1.807, 2.05) is 0 Å². The standard InChI is InChI=1S/C11H16F3NO5S/c1-20-9(17)4-10(2-3-10)7-21(18,19)5-8(16)15-6-11(12,13)14/h2-7H2,1H3,(H,15,16). The fourth-order valence-corrected chi connectivity index (χ4v) is 3.82. The van der Waals surface area contributed by atoms with Crippen LogP contribution in [0.3, 0.4) is 0 Å². The normalized spacial score (nSPS) is 17.1. The third kappa shape index (κ3) is 6.78. The van der Waals surface area contributed by atoms with Crippen molar-refractivity contribution >= 4 is 21.7 Å². The number of hydrogen-bond acceptors (Lipinski definition) is 5. The summed E-state index contributed by atoms with van der Waals surface area (Å²) in [4.78, 5) is 22.4. The van der Waals surface area contributed by atoms with Gasteiger partial charge in [0.25, 0.3) is 0 Å². The summed E-state index contributed by atoms with van der Waals surface area (Å²) in [7, 11) is -2.71. The number of carbonyl (C=O) groups excluding carboxylic acids is 2. The third-order valence-corrected chi connectivity index (χ3v) is 4.82. The van der Waals surface area contributed by atoms with Crippen molar-refractivity contribution < 1.29 is 35.9 Å². The first-order valence-corrected chi connectivity index (χ1v) is 7.90. The lowest BCUT2D eigenvalue weighted by molar-refractivity contribution is -0.141. The van der Waals surface area contributed by atoms with Crippen LogP contribution in [0.5, 0.6) is 0 Å². The summed E-state index contributed by atoms with van der Waals surface area (Å²) in [6.45, 7) is -1.57. The Morgan fingerprint density at radius 2 is 1.86 bits per heavy atom. The van der Waals surface area contributed by atoms with Crippen molar-refractivity contribution in [3.8, 4) is 0 Å². The van der Waals surface area contributed by atoms with Gasteiger partial charge in [-0.15, -0.1) is 0 Å². The predicted molar refractivity (Wildman–Crippen MR) is 66.0 cm³/mol. The Bertz CT molecular complexity index is 510. The van der Waals surface area contributed by atoms with E-state index in [4.69, 9.17) is 0 Å². The highest BCUT2D eigenvalue weighted by molar-refractivity contribution is 7.92. The van der Waals surface area contributed by atoms with E-state index >= 15 is 0 Å². The molecule has 0 aromatic heterocycles. The van der Waals surface area contributed by atoms with Crippen molar-refractivity contribution in [3.05, 3.63) is 0 Å².